The van der Waals surface area contributed by atoms with Gasteiger partial charge in [0.15, 0.2) is 0 Å². The summed E-state index contributed by atoms with van der Waals surface area (Å²) in [6.07, 6.45) is -4.95. The van der Waals surface area contributed by atoms with E-state index in [0.29, 0.717) is 0 Å². The molecule has 1 saturated carbocycles. The molecule has 0 amide bonds. The molecule has 1 rings (SSSR count). The van der Waals surface area contributed by atoms with Gasteiger partial charge in [-0.3, -0.25) is 4.79 Å². The van der Waals surface area contributed by atoms with Crippen LogP contribution in [0.15, 0.2) is 0 Å². The van der Waals surface area contributed by atoms with Crippen LogP contribution in [0.3, 0.4) is 0 Å². The van der Waals surface area contributed by atoms with Crippen molar-refractivity contribution in [2.24, 2.45) is 11.3 Å². The molecule has 0 aromatic carbocycles. The van der Waals surface area contributed by atoms with Crippen LogP contribution in [0.4, 0.5) is 13.2 Å². The summed E-state index contributed by atoms with van der Waals surface area (Å²) in [5.74, 6) is -2.31. The highest BCUT2D eigenvalue weighted by atomic mass is 79.9. The van der Waals surface area contributed by atoms with Gasteiger partial charge in [0.2, 0.25) is 3.78 Å². The molecule has 0 aliphatic heterocycles. The molecule has 4 atom stereocenters. The number of hydrogen-bond acceptors (Lipinski definition) is 2. The zero-order valence-corrected chi connectivity index (χ0v) is 11.3. The maximum atomic E-state index is 12.7. The smallest absolute Gasteiger partial charge is 0.420 e. The SMILES string of the molecule is CC1(C(=O)O)CC1C(C)(O)C(Cl)(Br)C(F)(F)F. The first-order valence-electron chi connectivity index (χ1n) is 4.69. The van der Waals surface area contributed by atoms with Gasteiger partial charge in [-0.2, -0.15) is 13.2 Å². The van der Waals surface area contributed by atoms with Crippen molar-refractivity contribution >= 4 is 33.5 Å². The van der Waals surface area contributed by atoms with Gasteiger partial charge in [0.05, 0.1) is 5.41 Å². The third-order valence-electron chi connectivity index (χ3n) is 3.40. The predicted octanol–water partition coefficient (Wildman–Crippen LogP) is 2.74. The minimum Gasteiger partial charge on any atom is -0.481 e. The van der Waals surface area contributed by atoms with Crippen LogP contribution >= 0.6 is 27.5 Å². The molecule has 1 fully saturated rings. The van der Waals surface area contributed by atoms with Gasteiger partial charge in [-0.1, -0.05) is 27.5 Å². The molecule has 2 N–H and O–H groups in total. The summed E-state index contributed by atoms with van der Waals surface area (Å²) in [4.78, 5) is 10.9. The van der Waals surface area contributed by atoms with Crippen LogP contribution < -0.4 is 0 Å². The van der Waals surface area contributed by atoms with Crippen LogP contribution in [-0.4, -0.2) is 31.7 Å². The van der Waals surface area contributed by atoms with Gasteiger partial charge in [0.1, 0.15) is 5.60 Å². The number of rotatable bonds is 3. The van der Waals surface area contributed by atoms with Crippen molar-refractivity contribution in [2.45, 2.75) is 35.8 Å². The molecule has 4 unspecified atom stereocenters. The molecule has 1 aliphatic rings. The topological polar surface area (TPSA) is 57.5 Å². The third-order valence-corrected chi connectivity index (χ3v) is 5.25. The first kappa shape index (κ1) is 15.0. The monoisotopic (exact) mass is 338 g/mol. The molecular formula is C9H11BrClF3O3. The lowest BCUT2D eigenvalue weighted by molar-refractivity contribution is -0.184. The van der Waals surface area contributed by atoms with Crippen LogP contribution in [-0.2, 0) is 4.79 Å². The molecule has 0 aromatic heterocycles. The first-order chi connectivity index (χ1) is 7.28. The van der Waals surface area contributed by atoms with E-state index in [-0.39, 0.29) is 6.42 Å². The van der Waals surface area contributed by atoms with Gasteiger partial charge in [-0.05, 0) is 20.3 Å². The van der Waals surface area contributed by atoms with E-state index in [1.165, 1.54) is 6.92 Å². The fraction of sp³-hybridized carbons (Fsp3) is 0.889. The van der Waals surface area contributed by atoms with E-state index >= 15 is 0 Å². The summed E-state index contributed by atoms with van der Waals surface area (Å²) < 4.78 is 35.0. The second kappa shape index (κ2) is 3.74. The molecule has 1 aliphatic carbocycles. The van der Waals surface area contributed by atoms with Gasteiger partial charge < -0.3 is 10.2 Å². The van der Waals surface area contributed by atoms with Crippen LogP contribution in [0.5, 0.6) is 0 Å². The van der Waals surface area contributed by atoms with Crippen LogP contribution in [0, 0.1) is 11.3 Å². The summed E-state index contributed by atoms with van der Waals surface area (Å²) in [6.45, 7) is 2.17. The Balaban J connectivity index is 3.04. The molecule has 0 aromatic rings. The van der Waals surface area contributed by atoms with Crippen molar-refractivity contribution in [1.29, 1.82) is 0 Å². The van der Waals surface area contributed by atoms with Gasteiger partial charge in [-0.25, -0.2) is 0 Å². The van der Waals surface area contributed by atoms with Gasteiger partial charge in [0, 0.05) is 5.92 Å². The number of alkyl halides is 5. The first-order valence-corrected chi connectivity index (χ1v) is 5.86. The predicted molar refractivity (Wildman–Crippen MR) is 58.0 cm³/mol. The summed E-state index contributed by atoms with van der Waals surface area (Å²) in [7, 11) is 0. The van der Waals surface area contributed by atoms with E-state index in [0.717, 1.165) is 6.92 Å². The van der Waals surface area contributed by atoms with Crippen LogP contribution in [0.25, 0.3) is 0 Å². The van der Waals surface area contributed by atoms with Crippen LogP contribution in [0.2, 0.25) is 0 Å². The molecule has 0 heterocycles. The van der Waals surface area contributed by atoms with E-state index in [1.54, 1.807) is 0 Å². The molecule has 17 heavy (non-hydrogen) atoms. The summed E-state index contributed by atoms with van der Waals surface area (Å²) in [5, 5.41) is 18.8. The lowest BCUT2D eigenvalue weighted by Gasteiger charge is -2.38. The van der Waals surface area contributed by atoms with Gasteiger partial charge >= 0.3 is 12.1 Å². The van der Waals surface area contributed by atoms with Crippen molar-refractivity contribution in [3.63, 3.8) is 0 Å². The average Bonchev–Trinajstić information content (AvgIpc) is 2.77. The summed E-state index contributed by atoms with van der Waals surface area (Å²) in [5.41, 5.74) is -3.79. The molecule has 0 bridgehead atoms. The minimum atomic E-state index is -4.90. The highest BCUT2D eigenvalue weighted by molar-refractivity contribution is 9.10. The highest BCUT2D eigenvalue weighted by Crippen LogP contribution is 2.64. The molecule has 0 saturated heterocycles. The van der Waals surface area contributed by atoms with Crippen molar-refractivity contribution in [2.75, 3.05) is 0 Å². The van der Waals surface area contributed by atoms with Crippen molar-refractivity contribution < 1.29 is 28.2 Å². The van der Waals surface area contributed by atoms with E-state index in [9.17, 15) is 23.1 Å². The highest BCUT2D eigenvalue weighted by Gasteiger charge is 2.74. The average molecular weight is 340 g/mol. The van der Waals surface area contributed by atoms with Crippen molar-refractivity contribution in [3.8, 4) is 0 Å². The number of hydrogen-bond donors (Lipinski definition) is 2. The summed E-state index contributed by atoms with van der Waals surface area (Å²) in [6, 6.07) is 0. The fourth-order valence-electron chi connectivity index (χ4n) is 1.93. The zero-order valence-electron chi connectivity index (χ0n) is 8.98. The standard InChI is InChI=1S/C9H11BrClF3O3/c1-6(5(15)16)3-4(6)7(2,17)8(10,11)9(12,13)14/h4,17H,3H2,1-2H3,(H,15,16). The zero-order chi connectivity index (χ0) is 13.9. The summed E-state index contributed by atoms with van der Waals surface area (Å²) >= 11 is 7.58. The Morgan fingerprint density at radius 1 is 1.53 bits per heavy atom. The number of carboxylic acids is 1. The van der Waals surface area contributed by atoms with Crippen molar-refractivity contribution in [3.05, 3.63) is 0 Å². The Hall–Kier alpha value is -0.0100. The van der Waals surface area contributed by atoms with E-state index in [4.69, 9.17) is 16.7 Å². The fourth-order valence-corrected chi connectivity index (χ4v) is 2.33. The van der Waals surface area contributed by atoms with Gasteiger partial charge in [-0.15, -0.1) is 0 Å². The third kappa shape index (κ3) is 2.06. The Morgan fingerprint density at radius 2 is 1.94 bits per heavy atom. The van der Waals surface area contributed by atoms with Gasteiger partial charge in [0.25, 0.3) is 0 Å². The van der Waals surface area contributed by atoms with Crippen molar-refractivity contribution in [1.82, 2.24) is 0 Å². The normalized spacial score (nSPS) is 35.9. The Bertz CT molecular complexity index is 356. The number of aliphatic hydroxyl groups is 1. The maximum absolute atomic E-state index is 12.7. The lowest BCUT2D eigenvalue weighted by Crippen LogP contribution is -2.55. The second-order valence-electron chi connectivity index (χ2n) is 4.70. The molecule has 3 nitrogen and oxygen atoms in total. The van der Waals surface area contributed by atoms with Crippen LogP contribution in [0.1, 0.15) is 20.3 Å². The molecule has 8 heteroatoms. The molecule has 0 spiro atoms. The lowest BCUT2D eigenvalue weighted by atomic mass is 9.89. The number of carbonyl (C=O) groups is 1. The van der Waals surface area contributed by atoms with E-state index < -0.39 is 32.9 Å². The Morgan fingerprint density at radius 3 is 2.18 bits per heavy atom. The Kier molecular flexibility index (Phi) is 3.31. The maximum Gasteiger partial charge on any atom is 0.420 e. The van der Waals surface area contributed by atoms with E-state index in [1.807, 2.05) is 0 Å². The van der Waals surface area contributed by atoms with E-state index in [2.05, 4.69) is 15.9 Å². The largest absolute Gasteiger partial charge is 0.481 e. The quantitative estimate of drug-likeness (QED) is 0.777. The number of halogens is 5. The molecule has 0 radical (unpaired) electrons. The number of carboxylic acid groups (broad SMARTS) is 1. The number of aliphatic carboxylic acids is 1. The molecule has 100 valence electrons. The second-order valence-corrected chi connectivity index (χ2v) is 6.91. The minimum absolute atomic E-state index is 0.0501. The Labute approximate surface area is 109 Å². The molecular weight excluding hydrogens is 328 g/mol.